The topological polar surface area (TPSA) is 64.4 Å². The van der Waals surface area contributed by atoms with Crippen molar-refractivity contribution in [3.8, 4) is 0 Å². The lowest BCUT2D eigenvalue weighted by atomic mass is 10.0. The van der Waals surface area contributed by atoms with Crippen molar-refractivity contribution < 1.29 is 13.9 Å². The summed E-state index contributed by atoms with van der Waals surface area (Å²) < 4.78 is 18.5. The molecule has 0 spiro atoms. The summed E-state index contributed by atoms with van der Waals surface area (Å²) in [6, 6.07) is 4.25. The third-order valence-corrected chi connectivity index (χ3v) is 3.19. The van der Waals surface area contributed by atoms with Gasteiger partial charge in [0.05, 0.1) is 11.3 Å². The Hall–Kier alpha value is -1.62. The van der Waals surface area contributed by atoms with E-state index < -0.39 is 5.82 Å². The Bertz CT molecular complexity index is 431. The average Bonchev–Trinajstić information content (AvgIpc) is 2.40. The van der Waals surface area contributed by atoms with Gasteiger partial charge >= 0.3 is 0 Å². The zero-order valence-electron chi connectivity index (χ0n) is 10.1. The Morgan fingerprint density at radius 3 is 2.89 bits per heavy atom. The first kappa shape index (κ1) is 12.8. The number of anilines is 1. The van der Waals surface area contributed by atoms with Gasteiger partial charge in [-0.25, -0.2) is 4.39 Å². The summed E-state index contributed by atoms with van der Waals surface area (Å²) in [5.41, 5.74) is 5.64. The molecule has 1 aliphatic heterocycles. The molecular weight excluding hydrogens is 235 g/mol. The fraction of sp³-hybridized carbons (Fsp3) is 0.462. The number of amides is 1. The van der Waals surface area contributed by atoms with Crippen LogP contribution in [0.2, 0.25) is 0 Å². The maximum atomic E-state index is 13.2. The van der Waals surface area contributed by atoms with E-state index in [2.05, 4.69) is 5.32 Å². The maximum Gasteiger partial charge on any atom is 0.253 e. The van der Waals surface area contributed by atoms with E-state index in [1.807, 2.05) is 0 Å². The molecule has 1 aromatic rings. The van der Waals surface area contributed by atoms with Crippen molar-refractivity contribution >= 4 is 11.6 Å². The molecule has 0 saturated carbocycles. The molecule has 18 heavy (non-hydrogen) atoms. The molecule has 98 valence electrons. The minimum absolute atomic E-state index is 0.0954. The van der Waals surface area contributed by atoms with Crippen LogP contribution < -0.4 is 11.1 Å². The lowest BCUT2D eigenvalue weighted by Gasteiger charge is -2.22. The van der Waals surface area contributed by atoms with Gasteiger partial charge in [0.2, 0.25) is 0 Å². The predicted octanol–water partition coefficient (Wildman–Crippen LogP) is 1.56. The molecule has 0 atom stereocenters. The summed E-state index contributed by atoms with van der Waals surface area (Å²) in [5.74, 6) is -0.454. The van der Waals surface area contributed by atoms with E-state index in [0.29, 0.717) is 12.5 Å². The second-order valence-corrected chi connectivity index (χ2v) is 4.47. The van der Waals surface area contributed by atoms with Gasteiger partial charge in [0, 0.05) is 19.8 Å². The van der Waals surface area contributed by atoms with Crippen LogP contribution in [0.3, 0.4) is 0 Å². The monoisotopic (exact) mass is 252 g/mol. The molecule has 1 aliphatic rings. The third-order valence-electron chi connectivity index (χ3n) is 3.19. The normalized spacial score (nSPS) is 16.5. The molecule has 1 amide bonds. The number of benzene rings is 1. The van der Waals surface area contributed by atoms with Crippen molar-refractivity contribution in [3.05, 3.63) is 29.6 Å². The molecule has 0 radical (unpaired) electrons. The SMILES string of the molecule is Nc1c(F)cccc1C(=O)NCC1CCOCC1. The van der Waals surface area contributed by atoms with Gasteiger partial charge < -0.3 is 15.8 Å². The highest BCUT2D eigenvalue weighted by atomic mass is 19.1. The molecule has 1 fully saturated rings. The van der Waals surface area contributed by atoms with Gasteiger partial charge in [-0.15, -0.1) is 0 Å². The highest BCUT2D eigenvalue weighted by molar-refractivity contribution is 5.99. The number of carbonyl (C=O) groups excluding carboxylic acids is 1. The lowest BCUT2D eigenvalue weighted by molar-refractivity contribution is 0.0643. The Morgan fingerprint density at radius 2 is 2.17 bits per heavy atom. The molecule has 2 rings (SSSR count). The molecule has 0 aromatic heterocycles. The van der Waals surface area contributed by atoms with Crippen molar-refractivity contribution in [1.29, 1.82) is 0 Å². The first-order valence-corrected chi connectivity index (χ1v) is 6.08. The van der Waals surface area contributed by atoms with Crippen LogP contribution in [0, 0.1) is 11.7 Å². The number of carbonyl (C=O) groups is 1. The number of hydrogen-bond acceptors (Lipinski definition) is 3. The molecule has 3 N–H and O–H groups in total. The molecule has 0 bridgehead atoms. The Kier molecular flexibility index (Phi) is 4.15. The number of nitrogen functional groups attached to an aromatic ring is 1. The zero-order valence-corrected chi connectivity index (χ0v) is 10.1. The van der Waals surface area contributed by atoms with Crippen LogP contribution in [0.15, 0.2) is 18.2 Å². The standard InChI is InChI=1S/C13H17FN2O2/c14-11-3-1-2-10(12(11)15)13(17)16-8-9-4-6-18-7-5-9/h1-3,9H,4-8,15H2,(H,16,17). The van der Waals surface area contributed by atoms with Gasteiger partial charge in [-0.05, 0) is 30.9 Å². The van der Waals surface area contributed by atoms with Crippen molar-refractivity contribution in [3.63, 3.8) is 0 Å². The number of para-hydroxylation sites is 1. The number of hydrogen-bond donors (Lipinski definition) is 2. The van der Waals surface area contributed by atoms with E-state index in [4.69, 9.17) is 10.5 Å². The van der Waals surface area contributed by atoms with Gasteiger partial charge in [0.1, 0.15) is 5.82 Å². The minimum Gasteiger partial charge on any atom is -0.396 e. The van der Waals surface area contributed by atoms with Gasteiger partial charge in [-0.2, -0.15) is 0 Å². The van der Waals surface area contributed by atoms with Crippen LogP contribution in [0.25, 0.3) is 0 Å². The van der Waals surface area contributed by atoms with E-state index in [1.54, 1.807) is 0 Å². The number of ether oxygens (including phenoxy) is 1. The Morgan fingerprint density at radius 1 is 1.44 bits per heavy atom. The Labute approximate surface area is 105 Å². The second-order valence-electron chi connectivity index (χ2n) is 4.47. The zero-order chi connectivity index (χ0) is 13.0. The summed E-state index contributed by atoms with van der Waals surface area (Å²) in [6.45, 7) is 2.06. The van der Waals surface area contributed by atoms with E-state index in [0.717, 1.165) is 26.1 Å². The number of nitrogens with two attached hydrogens (primary N) is 1. The number of rotatable bonds is 3. The van der Waals surface area contributed by atoms with Crippen LogP contribution in [-0.4, -0.2) is 25.7 Å². The molecule has 0 aliphatic carbocycles. The minimum atomic E-state index is -0.561. The third kappa shape index (κ3) is 2.98. The van der Waals surface area contributed by atoms with Gasteiger partial charge in [-0.3, -0.25) is 4.79 Å². The molecule has 1 saturated heterocycles. The van der Waals surface area contributed by atoms with Crippen LogP contribution in [0.5, 0.6) is 0 Å². The molecule has 4 nitrogen and oxygen atoms in total. The fourth-order valence-corrected chi connectivity index (χ4v) is 2.02. The summed E-state index contributed by atoms with van der Waals surface area (Å²) in [4.78, 5) is 11.9. The summed E-state index contributed by atoms with van der Waals surface area (Å²) in [5, 5.41) is 2.80. The number of halogens is 1. The van der Waals surface area contributed by atoms with Crippen LogP contribution in [0.4, 0.5) is 10.1 Å². The molecule has 1 aromatic carbocycles. The van der Waals surface area contributed by atoms with Crippen molar-refractivity contribution in [1.82, 2.24) is 5.32 Å². The smallest absolute Gasteiger partial charge is 0.253 e. The summed E-state index contributed by atoms with van der Waals surface area (Å²) >= 11 is 0. The van der Waals surface area contributed by atoms with E-state index in [-0.39, 0.29) is 17.2 Å². The highest BCUT2D eigenvalue weighted by Crippen LogP contribution is 2.17. The average molecular weight is 252 g/mol. The van der Waals surface area contributed by atoms with Gasteiger partial charge in [0.15, 0.2) is 0 Å². The van der Waals surface area contributed by atoms with Crippen LogP contribution in [-0.2, 0) is 4.74 Å². The van der Waals surface area contributed by atoms with Crippen molar-refractivity contribution in [2.75, 3.05) is 25.5 Å². The van der Waals surface area contributed by atoms with Gasteiger partial charge in [0.25, 0.3) is 5.91 Å². The second kappa shape index (κ2) is 5.82. The Balaban J connectivity index is 1.93. The van der Waals surface area contributed by atoms with E-state index in [1.165, 1.54) is 18.2 Å². The van der Waals surface area contributed by atoms with Crippen LogP contribution >= 0.6 is 0 Å². The van der Waals surface area contributed by atoms with Gasteiger partial charge in [-0.1, -0.05) is 6.07 Å². The summed E-state index contributed by atoms with van der Waals surface area (Å²) in [6.07, 6.45) is 1.89. The molecular formula is C13H17FN2O2. The quantitative estimate of drug-likeness (QED) is 0.802. The fourth-order valence-electron chi connectivity index (χ4n) is 2.02. The molecule has 0 unspecified atom stereocenters. The first-order valence-electron chi connectivity index (χ1n) is 6.08. The molecule has 1 heterocycles. The van der Waals surface area contributed by atoms with Crippen LogP contribution in [0.1, 0.15) is 23.2 Å². The summed E-state index contributed by atoms with van der Waals surface area (Å²) in [7, 11) is 0. The first-order chi connectivity index (χ1) is 8.68. The lowest BCUT2D eigenvalue weighted by Crippen LogP contribution is -2.32. The predicted molar refractivity (Wildman–Crippen MR) is 66.7 cm³/mol. The van der Waals surface area contributed by atoms with Crippen molar-refractivity contribution in [2.24, 2.45) is 5.92 Å². The molecule has 5 heteroatoms. The largest absolute Gasteiger partial charge is 0.396 e. The number of nitrogens with one attached hydrogen (secondary N) is 1. The van der Waals surface area contributed by atoms with Crippen molar-refractivity contribution in [2.45, 2.75) is 12.8 Å². The highest BCUT2D eigenvalue weighted by Gasteiger charge is 2.17. The van der Waals surface area contributed by atoms with E-state index in [9.17, 15) is 9.18 Å². The maximum absolute atomic E-state index is 13.2. The van der Waals surface area contributed by atoms with E-state index >= 15 is 0 Å².